The summed E-state index contributed by atoms with van der Waals surface area (Å²) in [5.74, 6) is -0.0492. The standard InChI is InChI=1S/C29H24N2OS/c1-20-13-18-26-27(21(20)2)30-29(33-26)31(19-22-9-5-3-6-10-22)28(32)25-16-14-24(15-17-25)23-11-7-4-8-12-23/h3-18H,19H2,1-2H3. The molecule has 33 heavy (non-hydrogen) atoms. The molecule has 0 atom stereocenters. The van der Waals surface area contributed by atoms with Gasteiger partial charge in [0.1, 0.15) is 0 Å². The molecule has 5 aromatic rings. The predicted molar refractivity (Wildman–Crippen MR) is 138 cm³/mol. The van der Waals surface area contributed by atoms with Crippen molar-refractivity contribution in [2.24, 2.45) is 0 Å². The number of carbonyl (C=O) groups excluding carboxylic acids is 1. The number of nitrogens with zero attached hydrogens (tertiary/aromatic N) is 2. The molecule has 1 heterocycles. The molecule has 0 saturated carbocycles. The van der Waals surface area contributed by atoms with Crippen molar-refractivity contribution in [3.8, 4) is 11.1 Å². The molecule has 0 spiro atoms. The number of rotatable bonds is 5. The molecule has 0 saturated heterocycles. The second kappa shape index (κ2) is 9.00. The molecule has 0 bridgehead atoms. The topological polar surface area (TPSA) is 33.2 Å². The first kappa shape index (κ1) is 21.1. The van der Waals surface area contributed by atoms with E-state index in [1.807, 2.05) is 72.8 Å². The Morgan fingerprint density at radius 3 is 2.12 bits per heavy atom. The monoisotopic (exact) mass is 448 g/mol. The highest BCUT2D eigenvalue weighted by molar-refractivity contribution is 7.22. The van der Waals surface area contributed by atoms with E-state index in [0.29, 0.717) is 12.1 Å². The number of aryl methyl sites for hydroxylation is 2. The molecule has 0 aliphatic heterocycles. The number of fused-ring (bicyclic) bond motifs is 1. The number of hydrogen-bond acceptors (Lipinski definition) is 3. The van der Waals surface area contributed by atoms with Crippen LogP contribution in [0.2, 0.25) is 0 Å². The number of hydrogen-bond donors (Lipinski definition) is 0. The minimum Gasteiger partial charge on any atom is -0.279 e. The molecule has 4 aromatic carbocycles. The maximum atomic E-state index is 13.7. The zero-order chi connectivity index (χ0) is 22.8. The summed E-state index contributed by atoms with van der Waals surface area (Å²) in [6.45, 7) is 4.65. The van der Waals surface area contributed by atoms with Gasteiger partial charge in [-0.2, -0.15) is 0 Å². The molecule has 0 N–H and O–H groups in total. The fourth-order valence-corrected chi connectivity index (χ4v) is 4.94. The summed E-state index contributed by atoms with van der Waals surface area (Å²) in [6, 6.07) is 32.3. The minimum absolute atomic E-state index is 0.0492. The molecule has 1 amide bonds. The Labute approximate surface area is 198 Å². The van der Waals surface area contributed by atoms with Gasteiger partial charge in [-0.05, 0) is 59.9 Å². The Morgan fingerprint density at radius 2 is 1.42 bits per heavy atom. The van der Waals surface area contributed by atoms with Crippen molar-refractivity contribution >= 4 is 32.6 Å². The fourth-order valence-electron chi connectivity index (χ4n) is 3.91. The van der Waals surface area contributed by atoms with Crippen molar-refractivity contribution < 1.29 is 4.79 Å². The van der Waals surface area contributed by atoms with Crippen LogP contribution in [0.25, 0.3) is 21.3 Å². The van der Waals surface area contributed by atoms with Gasteiger partial charge in [0.15, 0.2) is 5.13 Å². The smallest absolute Gasteiger partial charge is 0.260 e. The Hall–Kier alpha value is -3.76. The van der Waals surface area contributed by atoms with E-state index in [4.69, 9.17) is 4.98 Å². The number of anilines is 1. The van der Waals surface area contributed by atoms with Crippen LogP contribution in [-0.4, -0.2) is 10.9 Å². The van der Waals surface area contributed by atoms with Crippen molar-refractivity contribution in [3.63, 3.8) is 0 Å². The van der Waals surface area contributed by atoms with E-state index in [1.54, 1.807) is 16.2 Å². The molecule has 0 radical (unpaired) electrons. The van der Waals surface area contributed by atoms with Gasteiger partial charge in [-0.15, -0.1) is 0 Å². The third-order valence-corrected chi connectivity index (χ3v) is 7.02. The van der Waals surface area contributed by atoms with E-state index in [2.05, 4.69) is 38.1 Å². The lowest BCUT2D eigenvalue weighted by molar-refractivity contribution is 0.0985. The quantitative estimate of drug-likeness (QED) is 0.280. The van der Waals surface area contributed by atoms with Gasteiger partial charge in [0.25, 0.3) is 5.91 Å². The second-order valence-electron chi connectivity index (χ2n) is 8.17. The van der Waals surface area contributed by atoms with Crippen LogP contribution in [0, 0.1) is 13.8 Å². The number of carbonyl (C=O) groups is 1. The van der Waals surface area contributed by atoms with Crippen LogP contribution in [0.3, 0.4) is 0 Å². The molecular formula is C29H24N2OS. The summed E-state index contributed by atoms with van der Waals surface area (Å²) in [6.07, 6.45) is 0. The number of thiazole rings is 1. The minimum atomic E-state index is -0.0492. The van der Waals surface area contributed by atoms with Gasteiger partial charge in [0.2, 0.25) is 0 Å². The third kappa shape index (κ3) is 4.30. The van der Waals surface area contributed by atoms with Gasteiger partial charge in [-0.25, -0.2) is 4.98 Å². The summed E-state index contributed by atoms with van der Waals surface area (Å²) >= 11 is 1.56. The highest BCUT2D eigenvalue weighted by atomic mass is 32.1. The maximum Gasteiger partial charge on any atom is 0.260 e. The van der Waals surface area contributed by atoms with E-state index in [0.717, 1.165) is 37.6 Å². The molecule has 1 aromatic heterocycles. The average Bonchev–Trinajstić information content (AvgIpc) is 3.30. The van der Waals surface area contributed by atoms with E-state index in [-0.39, 0.29) is 5.91 Å². The summed E-state index contributed by atoms with van der Waals surface area (Å²) < 4.78 is 1.10. The van der Waals surface area contributed by atoms with Gasteiger partial charge in [-0.3, -0.25) is 9.69 Å². The van der Waals surface area contributed by atoms with E-state index in [1.165, 1.54) is 5.56 Å². The number of amides is 1. The molecule has 162 valence electrons. The normalized spacial score (nSPS) is 11.0. The molecule has 0 aliphatic carbocycles. The van der Waals surface area contributed by atoms with Crippen molar-refractivity contribution in [2.75, 3.05) is 4.90 Å². The van der Waals surface area contributed by atoms with Gasteiger partial charge >= 0.3 is 0 Å². The van der Waals surface area contributed by atoms with Crippen molar-refractivity contribution in [3.05, 3.63) is 119 Å². The lowest BCUT2D eigenvalue weighted by Crippen LogP contribution is -2.30. The summed E-state index contributed by atoms with van der Waals surface area (Å²) in [7, 11) is 0. The van der Waals surface area contributed by atoms with Gasteiger partial charge in [0.05, 0.1) is 16.8 Å². The van der Waals surface area contributed by atoms with Crippen LogP contribution in [0.5, 0.6) is 0 Å². The van der Waals surface area contributed by atoms with Crippen LogP contribution in [0.1, 0.15) is 27.0 Å². The van der Waals surface area contributed by atoms with E-state index >= 15 is 0 Å². The first-order chi connectivity index (χ1) is 16.1. The average molecular weight is 449 g/mol. The third-order valence-electron chi connectivity index (χ3n) is 5.97. The first-order valence-corrected chi connectivity index (χ1v) is 11.8. The molecule has 3 nitrogen and oxygen atoms in total. The van der Waals surface area contributed by atoms with Crippen LogP contribution < -0.4 is 4.90 Å². The van der Waals surface area contributed by atoms with Crippen LogP contribution in [0.4, 0.5) is 5.13 Å². The lowest BCUT2D eigenvalue weighted by Gasteiger charge is -2.20. The molecule has 4 heteroatoms. The zero-order valence-corrected chi connectivity index (χ0v) is 19.5. The largest absolute Gasteiger partial charge is 0.279 e. The lowest BCUT2D eigenvalue weighted by atomic mass is 10.0. The van der Waals surface area contributed by atoms with Crippen LogP contribution in [-0.2, 0) is 6.54 Å². The SMILES string of the molecule is Cc1ccc2sc(N(Cc3ccccc3)C(=O)c3ccc(-c4ccccc4)cc3)nc2c1C. The number of aromatic nitrogens is 1. The van der Waals surface area contributed by atoms with E-state index < -0.39 is 0 Å². The molecular weight excluding hydrogens is 424 g/mol. The summed E-state index contributed by atoms with van der Waals surface area (Å²) in [4.78, 5) is 20.4. The molecule has 5 rings (SSSR count). The summed E-state index contributed by atoms with van der Waals surface area (Å²) in [5, 5.41) is 0.722. The highest BCUT2D eigenvalue weighted by Crippen LogP contribution is 2.33. The van der Waals surface area contributed by atoms with Crippen molar-refractivity contribution in [1.82, 2.24) is 4.98 Å². The Kier molecular flexibility index (Phi) is 5.76. The zero-order valence-electron chi connectivity index (χ0n) is 18.7. The fraction of sp³-hybridized carbons (Fsp3) is 0.103. The molecule has 0 aliphatic rings. The van der Waals surface area contributed by atoms with Gasteiger partial charge < -0.3 is 0 Å². The van der Waals surface area contributed by atoms with Crippen LogP contribution >= 0.6 is 11.3 Å². The molecule has 0 unspecified atom stereocenters. The molecule has 0 fully saturated rings. The first-order valence-electron chi connectivity index (χ1n) is 11.0. The highest BCUT2D eigenvalue weighted by Gasteiger charge is 2.22. The van der Waals surface area contributed by atoms with E-state index in [9.17, 15) is 4.79 Å². The maximum absolute atomic E-state index is 13.7. The van der Waals surface area contributed by atoms with Crippen LogP contribution in [0.15, 0.2) is 97.1 Å². The van der Waals surface area contributed by atoms with Crippen molar-refractivity contribution in [2.45, 2.75) is 20.4 Å². The van der Waals surface area contributed by atoms with Crippen molar-refractivity contribution in [1.29, 1.82) is 0 Å². The Morgan fingerprint density at radius 1 is 0.788 bits per heavy atom. The number of benzene rings is 4. The summed E-state index contributed by atoms with van der Waals surface area (Å²) in [5.41, 5.74) is 7.28. The Bertz CT molecular complexity index is 1410. The van der Waals surface area contributed by atoms with Gasteiger partial charge in [0, 0.05) is 5.56 Å². The second-order valence-corrected chi connectivity index (χ2v) is 9.18. The van der Waals surface area contributed by atoms with Gasteiger partial charge in [-0.1, -0.05) is 90.2 Å². The Balaban J connectivity index is 1.53. The predicted octanol–water partition coefficient (Wildman–Crippen LogP) is 7.43.